The Morgan fingerprint density at radius 2 is 2.00 bits per heavy atom. The van der Waals surface area contributed by atoms with Gasteiger partial charge in [0.05, 0.1) is 30.6 Å². The van der Waals surface area contributed by atoms with Crippen LogP contribution in [0.5, 0.6) is 5.75 Å². The highest BCUT2D eigenvalue weighted by molar-refractivity contribution is 7.15. The van der Waals surface area contributed by atoms with Gasteiger partial charge in [-0.25, -0.2) is 9.97 Å². The van der Waals surface area contributed by atoms with E-state index in [4.69, 9.17) is 4.74 Å². The van der Waals surface area contributed by atoms with Gasteiger partial charge in [0.15, 0.2) is 10.8 Å². The van der Waals surface area contributed by atoms with E-state index in [0.717, 1.165) is 26.1 Å². The van der Waals surface area contributed by atoms with Crippen molar-refractivity contribution in [2.45, 2.75) is 45.1 Å². The third-order valence-electron chi connectivity index (χ3n) is 5.29. The summed E-state index contributed by atoms with van der Waals surface area (Å²) in [7, 11) is 0. The first-order chi connectivity index (χ1) is 16.1. The van der Waals surface area contributed by atoms with Crippen molar-refractivity contribution in [3.8, 4) is 39.0 Å². The molecule has 4 aromatic rings. The van der Waals surface area contributed by atoms with Gasteiger partial charge in [-0.3, -0.25) is 4.68 Å². The Labute approximate surface area is 197 Å². The second-order valence-corrected chi connectivity index (χ2v) is 9.92. The number of ether oxygens (including phenoxy) is 1. The summed E-state index contributed by atoms with van der Waals surface area (Å²) in [5.41, 5.74) is 2.40. The van der Waals surface area contributed by atoms with Gasteiger partial charge in [-0.2, -0.15) is 18.3 Å². The molecule has 5 rings (SSSR count). The fraction of sp³-hybridized carbons (Fsp3) is 0.348. The van der Waals surface area contributed by atoms with Gasteiger partial charge in [0.25, 0.3) is 0 Å². The number of rotatable bonds is 5. The highest BCUT2D eigenvalue weighted by Gasteiger charge is 2.30. The zero-order valence-corrected chi connectivity index (χ0v) is 19.3. The Morgan fingerprint density at radius 3 is 2.76 bits per heavy atom. The molecule has 1 aliphatic rings. The number of hydrogen-bond donors (Lipinski definition) is 1. The van der Waals surface area contributed by atoms with Gasteiger partial charge < -0.3 is 14.4 Å². The van der Waals surface area contributed by atoms with Crippen molar-refractivity contribution in [1.82, 2.24) is 24.3 Å². The lowest BCUT2D eigenvalue weighted by molar-refractivity contribution is -0.140. The number of aromatic nitrogens is 5. The van der Waals surface area contributed by atoms with Gasteiger partial charge in [0, 0.05) is 41.0 Å². The molecule has 1 N–H and O–H groups in total. The lowest BCUT2D eigenvalue weighted by atomic mass is 10.0. The normalized spacial score (nSPS) is 13.8. The highest BCUT2D eigenvalue weighted by atomic mass is 32.1. The average molecular weight is 490 g/mol. The fourth-order valence-corrected chi connectivity index (χ4v) is 4.99. The molecule has 0 bridgehead atoms. The number of hydrogen-bond acceptors (Lipinski definition) is 6. The summed E-state index contributed by atoms with van der Waals surface area (Å²) in [5, 5.41) is 14.8. The van der Waals surface area contributed by atoms with Crippen molar-refractivity contribution in [3.63, 3.8) is 0 Å². The van der Waals surface area contributed by atoms with Gasteiger partial charge >= 0.3 is 6.18 Å². The molecular weight excluding hydrogens is 467 g/mol. The van der Waals surface area contributed by atoms with Crippen LogP contribution in [0.15, 0.2) is 43.0 Å². The maximum absolute atomic E-state index is 13.0. The third kappa shape index (κ3) is 4.71. The largest absolute Gasteiger partial charge is 0.492 e. The number of alkyl halides is 3. The van der Waals surface area contributed by atoms with E-state index >= 15 is 0 Å². The number of aliphatic hydroxyl groups is 1. The molecule has 0 spiro atoms. The molecule has 1 aliphatic heterocycles. The van der Waals surface area contributed by atoms with Crippen LogP contribution < -0.4 is 4.74 Å². The molecule has 0 saturated heterocycles. The van der Waals surface area contributed by atoms with Gasteiger partial charge in [0.2, 0.25) is 0 Å². The maximum Gasteiger partial charge on any atom is 0.406 e. The molecule has 7 nitrogen and oxygen atoms in total. The first kappa shape index (κ1) is 22.6. The predicted octanol–water partition coefficient (Wildman–Crippen LogP) is 4.81. The predicted molar refractivity (Wildman–Crippen MR) is 122 cm³/mol. The van der Waals surface area contributed by atoms with Crippen molar-refractivity contribution >= 4 is 11.3 Å². The summed E-state index contributed by atoms with van der Waals surface area (Å²) in [6, 6.07) is 5.76. The summed E-state index contributed by atoms with van der Waals surface area (Å²) in [4.78, 5) is 9.75. The zero-order chi connectivity index (χ0) is 24.1. The van der Waals surface area contributed by atoms with E-state index in [2.05, 4.69) is 15.1 Å². The minimum Gasteiger partial charge on any atom is -0.492 e. The first-order valence-corrected chi connectivity index (χ1v) is 11.5. The standard InChI is InChI=1S/C23H22F3N5O2S/c1-22(2,32)12-31-11-15(10-28-31)14-3-4-16-17(9-14)33-8-5-18-19(16)29-21(34-18)20-27-6-7-30(20)13-23(24,25)26/h3-4,6-7,9-11,32H,5,8,12-13H2,1-2H3. The second kappa shape index (κ2) is 8.24. The van der Waals surface area contributed by atoms with Gasteiger partial charge in [-0.15, -0.1) is 11.3 Å². The summed E-state index contributed by atoms with van der Waals surface area (Å²) < 4.78 is 47.6. The second-order valence-electron chi connectivity index (χ2n) is 8.83. The minimum atomic E-state index is -4.35. The van der Waals surface area contributed by atoms with Gasteiger partial charge in [-0.1, -0.05) is 6.07 Å². The van der Waals surface area contributed by atoms with E-state index < -0.39 is 18.3 Å². The summed E-state index contributed by atoms with van der Waals surface area (Å²) in [6.45, 7) is 3.12. The molecule has 178 valence electrons. The van der Waals surface area contributed by atoms with E-state index in [0.29, 0.717) is 36.0 Å². The molecule has 0 unspecified atom stereocenters. The van der Waals surface area contributed by atoms with Crippen molar-refractivity contribution in [2.75, 3.05) is 6.61 Å². The van der Waals surface area contributed by atoms with Crippen molar-refractivity contribution in [1.29, 1.82) is 0 Å². The van der Waals surface area contributed by atoms with Crippen molar-refractivity contribution < 1.29 is 23.0 Å². The molecule has 0 radical (unpaired) electrons. The minimum absolute atomic E-state index is 0.203. The molecule has 34 heavy (non-hydrogen) atoms. The molecule has 3 aromatic heterocycles. The molecule has 0 fully saturated rings. The van der Waals surface area contributed by atoms with E-state index in [-0.39, 0.29) is 5.82 Å². The lowest BCUT2D eigenvalue weighted by Crippen LogP contribution is -2.26. The number of imidazole rings is 1. The van der Waals surface area contributed by atoms with E-state index in [1.807, 2.05) is 24.4 Å². The van der Waals surface area contributed by atoms with Crippen LogP contribution >= 0.6 is 11.3 Å². The van der Waals surface area contributed by atoms with Crippen LogP contribution in [0.2, 0.25) is 0 Å². The molecule has 0 saturated carbocycles. The number of halogens is 3. The lowest BCUT2D eigenvalue weighted by Gasteiger charge is -2.16. The fourth-order valence-electron chi connectivity index (χ4n) is 3.92. The van der Waals surface area contributed by atoms with E-state index in [9.17, 15) is 18.3 Å². The van der Waals surface area contributed by atoms with Crippen LogP contribution in [0.1, 0.15) is 18.7 Å². The van der Waals surface area contributed by atoms with Crippen LogP contribution in [-0.2, 0) is 19.5 Å². The van der Waals surface area contributed by atoms with Crippen LogP contribution in [0.25, 0.3) is 33.2 Å². The quantitative estimate of drug-likeness (QED) is 0.436. The Bertz CT molecular complexity index is 1330. The molecule has 0 atom stereocenters. The molecule has 1 aromatic carbocycles. The smallest absolute Gasteiger partial charge is 0.406 e. The number of benzene rings is 1. The Morgan fingerprint density at radius 1 is 1.18 bits per heavy atom. The van der Waals surface area contributed by atoms with Crippen LogP contribution in [0.3, 0.4) is 0 Å². The molecule has 11 heteroatoms. The van der Waals surface area contributed by atoms with Crippen LogP contribution in [0.4, 0.5) is 13.2 Å². The number of thiazole rings is 1. The monoisotopic (exact) mass is 489 g/mol. The van der Waals surface area contributed by atoms with Gasteiger partial charge in [-0.05, 0) is 31.5 Å². The molecule has 4 heterocycles. The van der Waals surface area contributed by atoms with E-state index in [1.54, 1.807) is 24.7 Å². The van der Waals surface area contributed by atoms with E-state index in [1.165, 1.54) is 23.7 Å². The average Bonchev–Trinajstić information content (AvgIpc) is 3.44. The summed E-state index contributed by atoms with van der Waals surface area (Å²) >= 11 is 1.34. The zero-order valence-electron chi connectivity index (χ0n) is 18.5. The van der Waals surface area contributed by atoms with Crippen LogP contribution in [0, 0.1) is 0 Å². The number of fused-ring (bicyclic) bond motifs is 3. The molecule has 0 aliphatic carbocycles. The molecule has 0 amide bonds. The maximum atomic E-state index is 13.0. The SMILES string of the molecule is CC(C)(O)Cn1cc(-c2ccc3c(c2)OCCc2sc(-c4nccn4CC(F)(F)F)nc2-3)cn1. The molecular formula is C23H22F3N5O2S. The first-order valence-electron chi connectivity index (χ1n) is 10.7. The Kier molecular flexibility index (Phi) is 5.48. The third-order valence-corrected chi connectivity index (χ3v) is 6.40. The highest BCUT2D eigenvalue weighted by Crippen LogP contribution is 2.41. The Balaban J connectivity index is 1.48. The number of nitrogens with zero attached hydrogens (tertiary/aromatic N) is 5. The Hall–Kier alpha value is -3.18. The van der Waals surface area contributed by atoms with Crippen LogP contribution in [-0.4, -0.2) is 47.8 Å². The van der Waals surface area contributed by atoms with Gasteiger partial charge in [0.1, 0.15) is 12.3 Å². The summed E-state index contributed by atoms with van der Waals surface area (Å²) in [6.07, 6.45) is 2.52. The van der Waals surface area contributed by atoms with Crippen molar-refractivity contribution in [2.24, 2.45) is 0 Å². The topological polar surface area (TPSA) is 78.0 Å². The summed E-state index contributed by atoms with van der Waals surface area (Å²) in [5.74, 6) is 0.857. The van der Waals surface area contributed by atoms with Crippen molar-refractivity contribution in [3.05, 3.63) is 47.9 Å².